The van der Waals surface area contributed by atoms with Crippen LogP contribution in [0.15, 0.2) is 90.4 Å². The number of hydrogen-bond acceptors (Lipinski definition) is 4. The van der Waals surface area contributed by atoms with Gasteiger partial charge >= 0.3 is 0 Å². The summed E-state index contributed by atoms with van der Waals surface area (Å²) in [5.41, 5.74) is 1.39. The molecule has 6 heteroatoms. The minimum Gasteiger partial charge on any atom is -0.481 e. The number of benzene rings is 1. The summed E-state index contributed by atoms with van der Waals surface area (Å²) in [6, 6.07) is 16.0. The van der Waals surface area contributed by atoms with Crippen molar-refractivity contribution in [2.75, 3.05) is 0 Å². The van der Waals surface area contributed by atoms with Crippen molar-refractivity contribution in [1.29, 1.82) is 0 Å². The van der Waals surface area contributed by atoms with Crippen LogP contribution in [0.1, 0.15) is 5.56 Å². The van der Waals surface area contributed by atoms with Crippen LogP contribution in [0.2, 0.25) is 0 Å². The Balaban J connectivity index is 0.000000412. The molecule has 0 aliphatic heterocycles. The molecule has 0 radical (unpaired) electrons. The molecule has 0 fully saturated rings. The SMILES string of the molecule is O=[N+]([O-])c1ccc(COC(O)=C2C=CC=C2)cc1.[Fe].c1cc[cH-]c1. The smallest absolute Gasteiger partial charge is 0.284 e. The van der Waals surface area contributed by atoms with E-state index in [1.54, 1.807) is 36.4 Å². The summed E-state index contributed by atoms with van der Waals surface area (Å²) < 4.78 is 5.18. The fourth-order valence-corrected chi connectivity index (χ4v) is 1.79. The van der Waals surface area contributed by atoms with Crippen LogP contribution < -0.4 is 0 Å². The van der Waals surface area contributed by atoms with Gasteiger partial charge < -0.3 is 9.84 Å². The first-order valence-electron chi connectivity index (χ1n) is 6.97. The van der Waals surface area contributed by atoms with Gasteiger partial charge in [-0.1, -0.05) is 12.2 Å². The van der Waals surface area contributed by atoms with Crippen LogP contribution in [0.25, 0.3) is 0 Å². The van der Waals surface area contributed by atoms with E-state index in [0.29, 0.717) is 5.57 Å². The normalized spacial score (nSPS) is 11.2. The minimum atomic E-state index is -0.460. The number of allylic oxidation sites excluding steroid dienone is 5. The van der Waals surface area contributed by atoms with Crippen LogP contribution in [0.4, 0.5) is 5.69 Å². The molecule has 1 N–H and O–H groups in total. The molecule has 1 aliphatic rings. The van der Waals surface area contributed by atoms with Crippen molar-refractivity contribution in [3.8, 4) is 0 Å². The molecular formula is C18H16FeNO4-. The van der Waals surface area contributed by atoms with Crippen molar-refractivity contribution in [2.24, 2.45) is 0 Å². The van der Waals surface area contributed by atoms with Crippen molar-refractivity contribution in [1.82, 2.24) is 0 Å². The maximum absolute atomic E-state index is 10.5. The summed E-state index contributed by atoms with van der Waals surface area (Å²) in [7, 11) is 0. The molecule has 3 rings (SSSR count). The first-order chi connectivity index (χ1) is 11.2. The van der Waals surface area contributed by atoms with Gasteiger partial charge in [-0.15, -0.1) is 0 Å². The van der Waals surface area contributed by atoms with Crippen LogP contribution in [-0.2, 0) is 28.4 Å². The number of nitrogens with zero attached hydrogens (tertiary/aromatic N) is 1. The van der Waals surface area contributed by atoms with E-state index in [4.69, 9.17) is 4.74 Å². The summed E-state index contributed by atoms with van der Waals surface area (Å²) in [5, 5.41) is 20.1. The Morgan fingerprint density at radius 1 is 1.12 bits per heavy atom. The third-order valence-corrected chi connectivity index (χ3v) is 2.99. The van der Waals surface area contributed by atoms with Gasteiger partial charge in [0.25, 0.3) is 11.6 Å². The molecule has 2 aromatic carbocycles. The number of hydrogen-bond donors (Lipinski definition) is 1. The van der Waals surface area contributed by atoms with Gasteiger partial charge in [0, 0.05) is 29.2 Å². The Kier molecular flexibility index (Phi) is 8.19. The van der Waals surface area contributed by atoms with Gasteiger partial charge in [0.05, 0.1) is 10.5 Å². The largest absolute Gasteiger partial charge is 0.481 e. The molecule has 2 aromatic rings. The number of non-ortho nitro benzene ring substituents is 1. The molecule has 0 saturated heterocycles. The van der Waals surface area contributed by atoms with Gasteiger partial charge in [0.1, 0.15) is 6.61 Å². The topological polar surface area (TPSA) is 72.6 Å². The van der Waals surface area contributed by atoms with E-state index in [-0.39, 0.29) is 35.3 Å². The predicted octanol–water partition coefficient (Wildman–Crippen LogP) is 4.41. The quantitative estimate of drug-likeness (QED) is 0.286. The van der Waals surface area contributed by atoms with Crippen LogP contribution in [0.3, 0.4) is 0 Å². The second-order valence-corrected chi connectivity index (χ2v) is 4.65. The first kappa shape index (κ1) is 19.4. The molecule has 0 amide bonds. The van der Waals surface area contributed by atoms with E-state index in [1.807, 2.05) is 30.3 Å². The van der Waals surface area contributed by atoms with Crippen molar-refractivity contribution in [3.05, 3.63) is 106 Å². The molecule has 0 unspecified atom stereocenters. The molecule has 5 nitrogen and oxygen atoms in total. The molecule has 126 valence electrons. The number of aliphatic hydroxyl groups is 1. The molecular weight excluding hydrogens is 350 g/mol. The summed E-state index contributed by atoms with van der Waals surface area (Å²) in [6.45, 7) is 0.162. The molecule has 0 spiro atoms. The Labute approximate surface area is 150 Å². The maximum Gasteiger partial charge on any atom is 0.284 e. The number of ether oxygens (including phenoxy) is 1. The second-order valence-electron chi connectivity index (χ2n) is 4.65. The number of rotatable bonds is 4. The summed E-state index contributed by atoms with van der Waals surface area (Å²) in [4.78, 5) is 10.0. The van der Waals surface area contributed by atoms with Crippen molar-refractivity contribution >= 4 is 5.69 Å². The Bertz CT molecular complexity index is 685. The van der Waals surface area contributed by atoms with Gasteiger partial charge in [0.15, 0.2) is 0 Å². The minimum absolute atomic E-state index is 0. The maximum atomic E-state index is 10.5. The van der Waals surface area contributed by atoms with Gasteiger partial charge in [0.2, 0.25) is 0 Å². The van der Waals surface area contributed by atoms with Crippen molar-refractivity contribution < 1.29 is 31.8 Å². The van der Waals surface area contributed by atoms with E-state index in [2.05, 4.69) is 0 Å². The monoisotopic (exact) mass is 366 g/mol. The molecule has 1 aliphatic carbocycles. The van der Waals surface area contributed by atoms with Crippen LogP contribution >= 0.6 is 0 Å². The molecule has 0 saturated carbocycles. The van der Waals surface area contributed by atoms with E-state index in [9.17, 15) is 15.2 Å². The van der Waals surface area contributed by atoms with Gasteiger partial charge in [-0.05, 0) is 29.8 Å². The van der Waals surface area contributed by atoms with E-state index in [0.717, 1.165) is 5.56 Å². The van der Waals surface area contributed by atoms with Crippen molar-refractivity contribution in [3.63, 3.8) is 0 Å². The van der Waals surface area contributed by atoms with Crippen LogP contribution in [-0.4, -0.2) is 10.0 Å². The third kappa shape index (κ3) is 6.20. The van der Waals surface area contributed by atoms with Crippen LogP contribution in [0, 0.1) is 10.1 Å². The van der Waals surface area contributed by atoms with Gasteiger partial charge in [-0.2, -0.15) is 18.2 Å². The molecule has 0 bridgehead atoms. The zero-order valence-corrected chi connectivity index (χ0v) is 13.8. The Hall–Kier alpha value is -2.69. The zero-order valence-electron chi connectivity index (χ0n) is 12.7. The number of aliphatic hydroxyl groups excluding tert-OH is 1. The zero-order chi connectivity index (χ0) is 16.5. The third-order valence-electron chi connectivity index (χ3n) is 2.99. The predicted molar refractivity (Wildman–Crippen MR) is 87.9 cm³/mol. The molecule has 0 heterocycles. The molecule has 24 heavy (non-hydrogen) atoms. The van der Waals surface area contributed by atoms with Gasteiger partial charge in [-0.3, -0.25) is 10.1 Å². The average molecular weight is 366 g/mol. The second kappa shape index (κ2) is 10.2. The van der Waals surface area contributed by atoms with E-state index < -0.39 is 4.92 Å². The van der Waals surface area contributed by atoms with E-state index in [1.165, 1.54) is 12.1 Å². The fraction of sp³-hybridized carbons (Fsp3) is 0.0556. The number of nitro groups is 1. The van der Waals surface area contributed by atoms with E-state index >= 15 is 0 Å². The molecule has 0 aromatic heterocycles. The number of nitro benzene ring substituents is 1. The summed E-state index contributed by atoms with van der Waals surface area (Å²) in [6.07, 6.45) is 7.04. The van der Waals surface area contributed by atoms with Crippen molar-refractivity contribution in [2.45, 2.75) is 6.61 Å². The first-order valence-corrected chi connectivity index (χ1v) is 6.97. The molecule has 0 atom stereocenters. The average Bonchev–Trinajstić information content (AvgIpc) is 3.28. The van der Waals surface area contributed by atoms with Gasteiger partial charge in [-0.25, -0.2) is 12.1 Å². The Morgan fingerprint density at radius 2 is 1.71 bits per heavy atom. The standard InChI is InChI=1S/C13H11NO4.C5H5.Fe/c15-13(11-3-1-2-4-11)18-9-10-5-7-12(8-6-10)14(16)17;1-2-4-5-3-1;/h1-8,15H,9H2;1-5H;/q;-1;. The van der Waals surface area contributed by atoms with Crippen LogP contribution in [0.5, 0.6) is 0 Å². The fourth-order valence-electron chi connectivity index (χ4n) is 1.79. The summed E-state index contributed by atoms with van der Waals surface area (Å²) in [5.74, 6) is -0.154. The Morgan fingerprint density at radius 3 is 2.17 bits per heavy atom. The summed E-state index contributed by atoms with van der Waals surface area (Å²) >= 11 is 0.